The fraction of sp³-hybridized carbons (Fsp3) is 0.385. The van der Waals surface area contributed by atoms with Gasteiger partial charge in [0.25, 0.3) is 0 Å². The van der Waals surface area contributed by atoms with E-state index in [4.69, 9.17) is 5.73 Å². The van der Waals surface area contributed by atoms with Crippen LogP contribution >= 0.6 is 0 Å². The molecule has 1 aliphatic carbocycles. The van der Waals surface area contributed by atoms with Gasteiger partial charge in [0.1, 0.15) is 12.1 Å². The molecule has 17 heavy (non-hydrogen) atoms. The van der Waals surface area contributed by atoms with Crippen molar-refractivity contribution in [2.45, 2.75) is 25.8 Å². The summed E-state index contributed by atoms with van der Waals surface area (Å²) in [6.45, 7) is 3.14. The van der Waals surface area contributed by atoms with Crippen molar-refractivity contribution in [1.82, 2.24) is 9.97 Å². The van der Waals surface area contributed by atoms with Gasteiger partial charge in [-0.3, -0.25) is 0 Å². The van der Waals surface area contributed by atoms with Crippen LogP contribution in [0.5, 0.6) is 0 Å². The number of nitrogens with two attached hydrogens (primary N) is 1. The van der Waals surface area contributed by atoms with E-state index in [1.165, 1.54) is 12.8 Å². The molecule has 0 bridgehead atoms. The molecule has 1 heterocycles. The summed E-state index contributed by atoms with van der Waals surface area (Å²) in [5.74, 6) is 1.02. The van der Waals surface area contributed by atoms with E-state index < -0.39 is 0 Å². The summed E-state index contributed by atoms with van der Waals surface area (Å²) < 4.78 is 0. The van der Waals surface area contributed by atoms with Crippen LogP contribution in [0.15, 0.2) is 24.5 Å². The highest BCUT2D eigenvalue weighted by atomic mass is 15.2. The van der Waals surface area contributed by atoms with Gasteiger partial charge in [-0.1, -0.05) is 0 Å². The molecule has 0 amide bonds. The molecule has 1 aromatic carbocycles. The molecular weight excluding hydrogens is 212 g/mol. The summed E-state index contributed by atoms with van der Waals surface area (Å²) in [4.78, 5) is 11.1. The molecule has 0 radical (unpaired) electrons. The Morgan fingerprint density at radius 3 is 2.88 bits per heavy atom. The summed E-state index contributed by atoms with van der Waals surface area (Å²) in [6.07, 6.45) is 4.17. The van der Waals surface area contributed by atoms with Crippen LogP contribution in [0.1, 0.15) is 19.8 Å². The topological polar surface area (TPSA) is 55.0 Å². The van der Waals surface area contributed by atoms with Gasteiger partial charge in [0, 0.05) is 23.7 Å². The normalized spacial score (nSPS) is 15.1. The average Bonchev–Trinajstić information content (AvgIpc) is 3.15. The Labute approximate surface area is 100 Å². The van der Waals surface area contributed by atoms with Gasteiger partial charge in [-0.15, -0.1) is 0 Å². The van der Waals surface area contributed by atoms with Crippen molar-refractivity contribution in [2.24, 2.45) is 0 Å². The Bertz CT molecular complexity index is 548. The summed E-state index contributed by atoms with van der Waals surface area (Å²) >= 11 is 0. The highest BCUT2D eigenvalue weighted by molar-refractivity contribution is 5.91. The summed E-state index contributed by atoms with van der Waals surface area (Å²) in [7, 11) is 0. The maximum atomic E-state index is 5.85. The lowest BCUT2D eigenvalue weighted by Gasteiger charge is -2.22. The van der Waals surface area contributed by atoms with Gasteiger partial charge in [-0.05, 0) is 38.0 Å². The van der Waals surface area contributed by atoms with Gasteiger partial charge in [0.2, 0.25) is 0 Å². The van der Waals surface area contributed by atoms with E-state index in [-0.39, 0.29) is 0 Å². The Hall–Kier alpha value is -1.84. The molecule has 1 aromatic heterocycles. The molecule has 0 atom stereocenters. The van der Waals surface area contributed by atoms with Crippen molar-refractivity contribution in [3.8, 4) is 0 Å². The van der Waals surface area contributed by atoms with E-state index in [9.17, 15) is 0 Å². The molecule has 4 nitrogen and oxygen atoms in total. The zero-order valence-corrected chi connectivity index (χ0v) is 9.93. The van der Waals surface area contributed by atoms with Crippen molar-refractivity contribution < 1.29 is 0 Å². The fourth-order valence-corrected chi connectivity index (χ4v) is 2.26. The number of aromatic nitrogens is 2. The maximum absolute atomic E-state index is 5.85. The van der Waals surface area contributed by atoms with Crippen molar-refractivity contribution in [3.63, 3.8) is 0 Å². The van der Waals surface area contributed by atoms with Crippen LogP contribution in [0.2, 0.25) is 0 Å². The quantitative estimate of drug-likeness (QED) is 0.818. The Balaban J connectivity index is 2.16. The molecule has 1 fully saturated rings. The van der Waals surface area contributed by atoms with Crippen LogP contribution in [-0.2, 0) is 0 Å². The van der Waals surface area contributed by atoms with Gasteiger partial charge in [0.05, 0.1) is 5.52 Å². The second-order valence-corrected chi connectivity index (χ2v) is 4.49. The fourth-order valence-electron chi connectivity index (χ4n) is 2.26. The number of fused-ring (bicyclic) bond motifs is 1. The van der Waals surface area contributed by atoms with Crippen LogP contribution in [0.4, 0.5) is 11.5 Å². The van der Waals surface area contributed by atoms with Crippen LogP contribution in [0.25, 0.3) is 10.9 Å². The molecule has 2 aromatic rings. The first kappa shape index (κ1) is 10.3. The first-order valence-corrected chi connectivity index (χ1v) is 6.06. The van der Waals surface area contributed by atoms with Crippen molar-refractivity contribution in [2.75, 3.05) is 17.2 Å². The summed E-state index contributed by atoms with van der Waals surface area (Å²) in [5.41, 5.74) is 7.58. The second kappa shape index (κ2) is 3.87. The highest BCUT2D eigenvalue weighted by Gasteiger charge is 2.29. The number of hydrogen-bond acceptors (Lipinski definition) is 4. The minimum atomic E-state index is 0.652. The molecule has 2 N–H and O–H groups in total. The monoisotopic (exact) mass is 228 g/mol. The number of benzene rings is 1. The minimum absolute atomic E-state index is 0.652. The summed E-state index contributed by atoms with van der Waals surface area (Å²) in [5, 5.41) is 1.06. The van der Waals surface area contributed by atoms with Crippen LogP contribution < -0.4 is 10.6 Å². The van der Waals surface area contributed by atoms with Crippen molar-refractivity contribution in [3.05, 3.63) is 24.5 Å². The molecule has 88 valence electrons. The summed E-state index contributed by atoms with van der Waals surface area (Å²) in [6, 6.07) is 6.46. The number of anilines is 2. The number of hydrogen-bond donors (Lipinski definition) is 1. The minimum Gasteiger partial charge on any atom is -0.399 e. The Morgan fingerprint density at radius 2 is 2.18 bits per heavy atom. The average molecular weight is 228 g/mol. The molecular formula is C13H16N4. The first-order valence-electron chi connectivity index (χ1n) is 6.06. The second-order valence-electron chi connectivity index (χ2n) is 4.49. The number of nitrogens with zero attached hydrogens (tertiary/aromatic N) is 3. The highest BCUT2D eigenvalue weighted by Crippen LogP contribution is 2.33. The van der Waals surface area contributed by atoms with Crippen LogP contribution in [-0.4, -0.2) is 22.6 Å². The number of nitrogen functional groups attached to an aromatic ring is 1. The molecule has 0 saturated heterocycles. The third-order valence-electron chi connectivity index (χ3n) is 3.24. The zero-order valence-electron chi connectivity index (χ0n) is 9.93. The third kappa shape index (κ3) is 1.79. The van der Waals surface area contributed by atoms with E-state index in [1.807, 2.05) is 18.2 Å². The predicted molar refractivity (Wildman–Crippen MR) is 70.0 cm³/mol. The van der Waals surface area contributed by atoms with Crippen molar-refractivity contribution in [1.29, 1.82) is 0 Å². The van der Waals surface area contributed by atoms with Crippen molar-refractivity contribution >= 4 is 22.4 Å². The van der Waals surface area contributed by atoms with E-state index in [2.05, 4.69) is 21.8 Å². The largest absolute Gasteiger partial charge is 0.399 e. The van der Waals surface area contributed by atoms with E-state index >= 15 is 0 Å². The predicted octanol–water partition coefficient (Wildman–Crippen LogP) is 2.20. The zero-order chi connectivity index (χ0) is 11.8. The Kier molecular flexibility index (Phi) is 2.35. The van der Waals surface area contributed by atoms with Gasteiger partial charge in [-0.25, -0.2) is 9.97 Å². The lowest BCUT2D eigenvalue weighted by Crippen LogP contribution is -2.26. The van der Waals surface area contributed by atoms with Gasteiger partial charge in [0.15, 0.2) is 0 Å². The molecule has 4 heteroatoms. The molecule has 0 unspecified atom stereocenters. The van der Waals surface area contributed by atoms with E-state index in [1.54, 1.807) is 6.33 Å². The van der Waals surface area contributed by atoms with Crippen LogP contribution in [0.3, 0.4) is 0 Å². The maximum Gasteiger partial charge on any atom is 0.140 e. The van der Waals surface area contributed by atoms with Gasteiger partial charge in [-0.2, -0.15) is 0 Å². The standard InChI is InChI=1S/C13H16N4/c1-2-17(10-4-5-10)13-11-7-9(14)3-6-12(11)15-8-16-13/h3,6-8,10H,2,4-5,14H2,1H3. The molecule has 1 saturated carbocycles. The molecule has 0 spiro atoms. The molecule has 3 rings (SSSR count). The molecule has 0 aliphatic heterocycles. The lowest BCUT2D eigenvalue weighted by molar-refractivity contribution is 0.811. The lowest BCUT2D eigenvalue weighted by atomic mass is 10.2. The van der Waals surface area contributed by atoms with E-state index in [0.29, 0.717) is 6.04 Å². The molecule has 1 aliphatic rings. The van der Waals surface area contributed by atoms with Gasteiger partial charge < -0.3 is 10.6 Å². The Morgan fingerprint density at radius 1 is 1.35 bits per heavy atom. The first-order chi connectivity index (χ1) is 8.29. The van der Waals surface area contributed by atoms with E-state index in [0.717, 1.165) is 29.0 Å². The van der Waals surface area contributed by atoms with Crippen LogP contribution in [0, 0.1) is 0 Å². The number of rotatable bonds is 3. The third-order valence-corrected chi connectivity index (χ3v) is 3.24. The smallest absolute Gasteiger partial charge is 0.140 e. The SMILES string of the molecule is CCN(c1ncnc2ccc(N)cc12)C1CC1. The van der Waals surface area contributed by atoms with Gasteiger partial charge >= 0.3 is 0 Å².